The van der Waals surface area contributed by atoms with Crippen LogP contribution in [0.4, 0.5) is 5.69 Å². The monoisotopic (exact) mass is 543 g/mol. The average molecular weight is 544 g/mol. The molecule has 1 aromatic heterocycles. The summed E-state index contributed by atoms with van der Waals surface area (Å²) in [6.45, 7) is 15.5. The van der Waals surface area contributed by atoms with Gasteiger partial charge >= 0.3 is 0 Å². The van der Waals surface area contributed by atoms with Crippen LogP contribution in [0.15, 0.2) is 53.1 Å². The summed E-state index contributed by atoms with van der Waals surface area (Å²) < 4.78 is 5.59. The van der Waals surface area contributed by atoms with Crippen molar-refractivity contribution in [2.45, 2.75) is 78.3 Å². The summed E-state index contributed by atoms with van der Waals surface area (Å²) in [6.07, 6.45) is 4.39. The molecule has 2 aliphatic rings. The molecule has 2 aliphatic heterocycles. The van der Waals surface area contributed by atoms with Gasteiger partial charge in [0.15, 0.2) is 0 Å². The zero-order chi connectivity index (χ0) is 28.3. The highest BCUT2D eigenvalue weighted by atomic mass is 16.5. The second kappa shape index (κ2) is 12.1. The Balaban J connectivity index is 1.13. The number of hydrogen-bond acceptors (Lipinski definition) is 6. The lowest BCUT2D eigenvalue weighted by Gasteiger charge is -2.32. The van der Waals surface area contributed by atoms with Gasteiger partial charge in [0.1, 0.15) is 0 Å². The lowest BCUT2D eigenvalue weighted by atomic mass is 9.87. The van der Waals surface area contributed by atoms with E-state index in [4.69, 9.17) is 4.52 Å². The van der Waals surface area contributed by atoms with Crippen molar-refractivity contribution in [3.63, 3.8) is 0 Å². The van der Waals surface area contributed by atoms with Gasteiger partial charge in [-0.2, -0.15) is 4.98 Å². The van der Waals surface area contributed by atoms with E-state index in [0.29, 0.717) is 24.8 Å². The van der Waals surface area contributed by atoms with Gasteiger partial charge in [-0.1, -0.05) is 69.2 Å². The van der Waals surface area contributed by atoms with Crippen molar-refractivity contribution in [2.24, 2.45) is 11.8 Å². The number of rotatable bonds is 7. The number of carbonyl (C=O) groups excluding carboxylic acids is 1. The Bertz CT molecular complexity index is 1250. The zero-order valence-corrected chi connectivity index (χ0v) is 24.8. The lowest BCUT2D eigenvalue weighted by molar-refractivity contribution is -0.127. The van der Waals surface area contributed by atoms with Crippen LogP contribution >= 0.6 is 0 Å². The summed E-state index contributed by atoms with van der Waals surface area (Å²) in [7, 11) is 0. The van der Waals surface area contributed by atoms with Crippen molar-refractivity contribution >= 4 is 11.6 Å². The molecule has 1 N–H and O–H groups in total. The van der Waals surface area contributed by atoms with Crippen molar-refractivity contribution < 1.29 is 9.32 Å². The molecule has 0 radical (unpaired) electrons. The number of anilines is 1. The fraction of sp³-hybridized carbons (Fsp3) is 0.545. The van der Waals surface area contributed by atoms with Crippen LogP contribution in [0.5, 0.6) is 0 Å². The molecule has 2 fully saturated rings. The predicted molar refractivity (Wildman–Crippen MR) is 160 cm³/mol. The van der Waals surface area contributed by atoms with Gasteiger partial charge < -0.3 is 14.7 Å². The van der Waals surface area contributed by atoms with E-state index in [0.717, 1.165) is 49.5 Å². The van der Waals surface area contributed by atoms with Gasteiger partial charge in [0.2, 0.25) is 17.6 Å². The minimum absolute atomic E-state index is 0.0264. The second-order valence-corrected chi connectivity index (χ2v) is 12.9. The Morgan fingerprint density at radius 2 is 1.73 bits per heavy atom. The first-order valence-corrected chi connectivity index (χ1v) is 15.0. The summed E-state index contributed by atoms with van der Waals surface area (Å²) in [5, 5.41) is 7.48. The van der Waals surface area contributed by atoms with Crippen molar-refractivity contribution in [3.8, 4) is 11.4 Å². The van der Waals surface area contributed by atoms with E-state index in [2.05, 4.69) is 108 Å². The molecule has 0 spiro atoms. The number of benzene rings is 2. The number of carbonyl (C=O) groups is 1. The minimum atomic E-state index is -0.0434. The number of nitrogens with zero attached hydrogens (tertiary/aromatic N) is 4. The van der Waals surface area contributed by atoms with E-state index in [9.17, 15) is 4.79 Å². The van der Waals surface area contributed by atoms with Gasteiger partial charge in [0, 0.05) is 30.9 Å². The maximum Gasteiger partial charge on any atom is 0.241 e. The first-order valence-electron chi connectivity index (χ1n) is 15.0. The third-order valence-corrected chi connectivity index (χ3v) is 8.61. The fourth-order valence-corrected chi connectivity index (χ4v) is 5.82. The molecule has 1 amide bonds. The molecule has 0 saturated carbocycles. The van der Waals surface area contributed by atoms with Gasteiger partial charge in [-0.25, -0.2) is 0 Å². The van der Waals surface area contributed by atoms with E-state index >= 15 is 0 Å². The molecule has 7 nitrogen and oxygen atoms in total. The van der Waals surface area contributed by atoms with Crippen LogP contribution in [-0.4, -0.2) is 47.1 Å². The van der Waals surface area contributed by atoms with Gasteiger partial charge in [0.05, 0.1) is 18.5 Å². The number of likely N-dealkylation sites (tertiary alicyclic amines) is 1. The minimum Gasteiger partial charge on any atom is -0.372 e. The summed E-state index contributed by atoms with van der Waals surface area (Å²) in [5.41, 5.74) is 4.75. The van der Waals surface area contributed by atoms with E-state index < -0.39 is 0 Å². The highest BCUT2D eigenvalue weighted by Crippen LogP contribution is 2.27. The summed E-state index contributed by atoms with van der Waals surface area (Å²) in [4.78, 5) is 22.6. The van der Waals surface area contributed by atoms with Crippen LogP contribution in [0, 0.1) is 11.8 Å². The Hall–Kier alpha value is -3.19. The quantitative estimate of drug-likeness (QED) is 0.374. The Kier molecular flexibility index (Phi) is 8.60. The molecule has 3 heterocycles. The largest absolute Gasteiger partial charge is 0.372 e. The molecule has 7 heteroatoms. The van der Waals surface area contributed by atoms with E-state index in [1.165, 1.54) is 24.1 Å². The smallest absolute Gasteiger partial charge is 0.241 e. The molecule has 2 atom stereocenters. The normalized spacial score (nSPS) is 19.9. The van der Waals surface area contributed by atoms with Crippen molar-refractivity contribution in [1.29, 1.82) is 0 Å². The van der Waals surface area contributed by atoms with Crippen LogP contribution in [-0.2, 0) is 16.8 Å². The van der Waals surface area contributed by atoms with Crippen molar-refractivity contribution in [3.05, 3.63) is 65.5 Å². The summed E-state index contributed by atoms with van der Waals surface area (Å²) >= 11 is 0. The maximum atomic E-state index is 13.2. The number of hydrogen-bond donors (Lipinski definition) is 1. The van der Waals surface area contributed by atoms with Crippen LogP contribution in [0.3, 0.4) is 0 Å². The molecular formula is C33H45N5O2. The predicted octanol–water partition coefficient (Wildman–Crippen LogP) is 6.36. The third-order valence-electron chi connectivity index (χ3n) is 8.61. The lowest BCUT2D eigenvalue weighted by Crippen LogP contribution is -2.43. The first kappa shape index (κ1) is 28.3. The molecule has 0 bridgehead atoms. The van der Waals surface area contributed by atoms with Gasteiger partial charge in [-0.15, -0.1) is 0 Å². The molecule has 40 heavy (non-hydrogen) atoms. The Morgan fingerprint density at radius 1 is 1.02 bits per heavy atom. The highest BCUT2D eigenvalue weighted by molar-refractivity contribution is 5.79. The topological polar surface area (TPSA) is 74.5 Å². The number of nitrogens with one attached hydrogen (secondary N) is 1. The Morgan fingerprint density at radius 3 is 2.40 bits per heavy atom. The molecule has 214 valence electrons. The van der Waals surface area contributed by atoms with Crippen LogP contribution in [0.2, 0.25) is 0 Å². The van der Waals surface area contributed by atoms with Gasteiger partial charge in [0.25, 0.3) is 0 Å². The summed E-state index contributed by atoms with van der Waals surface area (Å²) in [5.74, 6) is 2.10. The van der Waals surface area contributed by atoms with Crippen LogP contribution in [0.25, 0.3) is 11.4 Å². The standard InChI is InChI=1S/C33H45N5O2/c1-23-16-19-38(20-17-23)29-14-10-25(11-15-29)24(2)34-32(39)27-7-6-18-37(21-27)22-30-35-31(36-40-30)26-8-12-28(13-9-26)33(3,4)5/h8-15,23-24,27H,6-7,16-22H2,1-5H3,(H,34,39). The number of amides is 1. The van der Waals surface area contributed by atoms with E-state index in [-0.39, 0.29) is 23.3 Å². The highest BCUT2D eigenvalue weighted by Gasteiger charge is 2.28. The number of piperidine rings is 2. The number of aromatic nitrogens is 2. The molecule has 2 saturated heterocycles. The summed E-state index contributed by atoms with van der Waals surface area (Å²) in [6, 6.07) is 17.1. The second-order valence-electron chi connectivity index (χ2n) is 12.9. The SMILES string of the molecule is CC1CCN(c2ccc(C(C)NC(=O)C3CCCN(Cc4nc(-c5ccc(C(C)(C)C)cc5)no4)C3)cc2)CC1. The molecular weight excluding hydrogens is 498 g/mol. The van der Waals surface area contributed by atoms with Gasteiger partial charge in [-0.05, 0) is 73.7 Å². The van der Waals surface area contributed by atoms with Crippen LogP contribution in [0.1, 0.15) is 83.4 Å². The molecule has 2 unspecified atom stereocenters. The molecule has 3 aromatic rings. The van der Waals surface area contributed by atoms with E-state index in [1.807, 2.05) is 0 Å². The van der Waals surface area contributed by atoms with Crippen LogP contribution < -0.4 is 10.2 Å². The Labute approximate surface area is 239 Å². The average Bonchev–Trinajstić information content (AvgIpc) is 3.41. The first-order chi connectivity index (χ1) is 19.2. The molecule has 5 rings (SSSR count). The fourth-order valence-electron chi connectivity index (χ4n) is 5.82. The molecule has 2 aromatic carbocycles. The zero-order valence-electron chi connectivity index (χ0n) is 24.8. The third kappa shape index (κ3) is 6.92. The van der Waals surface area contributed by atoms with Gasteiger partial charge in [-0.3, -0.25) is 9.69 Å². The molecule has 0 aliphatic carbocycles. The van der Waals surface area contributed by atoms with Crippen molar-refractivity contribution in [2.75, 3.05) is 31.1 Å². The van der Waals surface area contributed by atoms with E-state index in [1.54, 1.807) is 0 Å². The van der Waals surface area contributed by atoms with Crippen molar-refractivity contribution in [1.82, 2.24) is 20.4 Å². The maximum absolute atomic E-state index is 13.2.